The van der Waals surface area contributed by atoms with E-state index in [-0.39, 0.29) is 6.54 Å². The molecule has 0 unspecified atom stereocenters. The highest BCUT2D eigenvalue weighted by Gasteiger charge is 2.13. The van der Waals surface area contributed by atoms with Crippen molar-refractivity contribution < 1.29 is 9.59 Å². The number of pyridine rings is 1. The summed E-state index contributed by atoms with van der Waals surface area (Å²) >= 11 is 0. The molecule has 0 radical (unpaired) electrons. The summed E-state index contributed by atoms with van der Waals surface area (Å²) in [6.45, 7) is 6.22. The molecule has 7 nitrogen and oxygen atoms in total. The Bertz CT molecular complexity index is 1050. The van der Waals surface area contributed by atoms with E-state index in [0.29, 0.717) is 5.69 Å². The van der Waals surface area contributed by atoms with Crippen LogP contribution in [0.4, 0.5) is 0 Å². The van der Waals surface area contributed by atoms with Gasteiger partial charge in [0.1, 0.15) is 0 Å². The van der Waals surface area contributed by atoms with E-state index in [9.17, 15) is 9.59 Å². The lowest BCUT2D eigenvalue weighted by molar-refractivity contribution is -0.139. The average molecular weight is 389 g/mol. The molecule has 0 aliphatic rings. The smallest absolute Gasteiger partial charge is 0.329 e. The maximum atomic E-state index is 11.9. The predicted octanol–water partition coefficient (Wildman–Crippen LogP) is 2.56. The van der Waals surface area contributed by atoms with Crippen LogP contribution in [0.25, 0.3) is 5.69 Å². The van der Waals surface area contributed by atoms with Crippen LogP contribution in [0, 0.1) is 20.8 Å². The van der Waals surface area contributed by atoms with Gasteiger partial charge in [-0.3, -0.25) is 14.6 Å². The molecule has 3 aromatic rings. The van der Waals surface area contributed by atoms with Crippen LogP contribution in [0.1, 0.15) is 28.2 Å². The monoisotopic (exact) mass is 389 g/mol. The van der Waals surface area contributed by atoms with Gasteiger partial charge in [0, 0.05) is 28.8 Å². The van der Waals surface area contributed by atoms with Crippen LogP contribution in [0.5, 0.6) is 0 Å². The van der Waals surface area contributed by atoms with Gasteiger partial charge < -0.3 is 9.88 Å². The number of hydrazone groups is 1. The fourth-order valence-electron chi connectivity index (χ4n) is 3.05. The molecule has 3 rings (SSSR count). The lowest BCUT2D eigenvalue weighted by Gasteiger charge is -2.10. The van der Waals surface area contributed by atoms with Crippen LogP contribution < -0.4 is 10.7 Å². The van der Waals surface area contributed by atoms with Gasteiger partial charge in [-0.25, -0.2) is 5.43 Å². The van der Waals surface area contributed by atoms with Crippen molar-refractivity contribution in [2.45, 2.75) is 27.3 Å². The summed E-state index contributed by atoms with van der Waals surface area (Å²) in [5.74, 6) is -1.59. The van der Waals surface area contributed by atoms with Crippen molar-refractivity contribution in [1.82, 2.24) is 20.3 Å². The van der Waals surface area contributed by atoms with E-state index in [1.165, 1.54) is 5.56 Å². The van der Waals surface area contributed by atoms with E-state index in [0.717, 1.165) is 22.6 Å². The van der Waals surface area contributed by atoms with Crippen molar-refractivity contribution in [2.75, 3.05) is 0 Å². The first kappa shape index (κ1) is 20.0. The number of nitrogens with zero attached hydrogens (tertiary/aromatic N) is 3. The van der Waals surface area contributed by atoms with Crippen LogP contribution in [0.3, 0.4) is 0 Å². The molecule has 0 fully saturated rings. The maximum Gasteiger partial charge on any atom is 0.329 e. The van der Waals surface area contributed by atoms with Gasteiger partial charge in [0.25, 0.3) is 0 Å². The second-order valence-corrected chi connectivity index (χ2v) is 6.70. The fourth-order valence-corrected chi connectivity index (χ4v) is 3.05. The first-order valence-corrected chi connectivity index (χ1v) is 9.23. The zero-order chi connectivity index (χ0) is 20.8. The number of hydrogen-bond donors (Lipinski definition) is 2. The first-order valence-electron chi connectivity index (χ1n) is 9.23. The highest BCUT2D eigenvalue weighted by atomic mass is 16.2. The summed E-state index contributed by atoms with van der Waals surface area (Å²) < 4.78 is 2.12. The zero-order valence-electron chi connectivity index (χ0n) is 16.6. The third-order valence-electron chi connectivity index (χ3n) is 4.46. The number of aromatic nitrogens is 2. The number of hydrogen-bond acceptors (Lipinski definition) is 4. The van der Waals surface area contributed by atoms with Crippen LogP contribution in [-0.4, -0.2) is 27.6 Å². The summed E-state index contributed by atoms with van der Waals surface area (Å²) in [6.07, 6.45) is 3.16. The minimum Gasteiger partial charge on any atom is -0.342 e. The Kier molecular flexibility index (Phi) is 6.19. The SMILES string of the molecule is Cc1cccc(-n2c(C)cc(/C=N\NC(=O)C(=O)NCc3ccccn3)c2C)c1. The maximum absolute atomic E-state index is 11.9. The Labute approximate surface area is 169 Å². The van der Waals surface area contributed by atoms with E-state index >= 15 is 0 Å². The molecule has 0 aliphatic carbocycles. The van der Waals surface area contributed by atoms with Crippen molar-refractivity contribution in [1.29, 1.82) is 0 Å². The van der Waals surface area contributed by atoms with Crippen molar-refractivity contribution >= 4 is 18.0 Å². The molecule has 0 bridgehead atoms. The molecule has 1 aromatic carbocycles. The molecule has 2 amide bonds. The first-order chi connectivity index (χ1) is 14.0. The third kappa shape index (κ3) is 4.95. The van der Waals surface area contributed by atoms with E-state index < -0.39 is 11.8 Å². The van der Waals surface area contributed by atoms with Crippen molar-refractivity contribution in [3.8, 4) is 5.69 Å². The van der Waals surface area contributed by atoms with Crippen LogP contribution in [0.15, 0.2) is 59.8 Å². The zero-order valence-corrected chi connectivity index (χ0v) is 16.6. The molecule has 0 saturated carbocycles. The quantitative estimate of drug-likeness (QED) is 0.399. The Morgan fingerprint density at radius 1 is 1.07 bits per heavy atom. The number of nitrogens with one attached hydrogen (secondary N) is 2. The molecule has 2 heterocycles. The van der Waals surface area contributed by atoms with Crippen LogP contribution in [-0.2, 0) is 16.1 Å². The molecule has 0 spiro atoms. The Morgan fingerprint density at radius 3 is 2.62 bits per heavy atom. The average Bonchev–Trinajstić information content (AvgIpc) is 3.00. The topological polar surface area (TPSA) is 88.4 Å². The number of amides is 2. The fraction of sp³-hybridized carbons (Fsp3) is 0.182. The molecular weight excluding hydrogens is 366 g/mol. The predicted molar refractivity (Wildman–Crippen MR) is 112 cm³/mol. The molecule has 0 aliphatic heterocycles. The van der Waals surface area contributed by atoms with Crippen LogP contribution >= 0.6 is 0 Å². The number of aryl methyl sites for hydroxylation is 2. The number of carbonyl (C=O) groups is 2. The molecule has 148 valence electrons. The molecule has 2 aromatic heterocycles. The minimum absolute atomic E-state index is 0.175. The Balaban J connectivity index is 1.62. The minimum atomic E-state index is -0.829. The number of carbonyl (C=O) groups excluding carboxylic acids is 2. The molecule has 0 saturated heterocycles. The summed E-state index contributed by atoms with van der Waals surface area (Å²) in [5.41, 5.74) is 8.07. The van der Waals surface area contributed by atoms with Crippen molar-refractivity contribution in [3.05, 3.63) is 82.9 Å². The van der Waals surface area contributed by atoms with Crippen LogP contribution in [0.2, 0.25) is 0 Å². The van der Waals surface area contributed by atoms with Gasteiger partial charge in [0.2, 0.25) is 0 Å². The van der Waals surface area contributed by atoms with Crippen molar-refractivity contribution in [2.24, 2.45) is 5.10 Å². The van der Waals surface area contributed by atoms with Crippen molar-refractivity contribution in [3.63, 3.8) is 0 Å². The molecular formula is C22H23N5O2. The van der Waals surface area contributed by atoms with Gasteiger partial charge in [-0.2, -0.15) is 5.10 Å². The Morgan fingerprint density at radius 2 is 1.90 bits per heavy atom. The largest absolute Gasteiger partial charge is 0.342 e. The van der Waals surface area contributed by atoms with Gasteiger partial charge in [0.05, 0.1) is 18.5 Å². The van der Waals surface area contributed by atoms with Gasteiger partial charge >= 0.3 is 11.8 Å². The summed E-state index contributed by atoms with van der Waals surface area (Å²) in [4.78, 5) is 27.9. The lowest BCUT2D eigenvalue weighted by Crippen LogP contribution is -2.37. The molecule has 29 heavy (non-hydrogen) atoms. The van der Waals surface area contributed by atoms with Gasteiger partial charge in [0.15, 0.2) is 0 Å². The van der Waals surface area contributed by atoms with E-state index in [1.54, 1.807) is 24.5 Å². The van der Waals surface area contributed by atoms with Gasteiger partial charge in [-0.05, 0) is 56.7 Å². The Hall–Kier alpha value is -3.74. The van der Waals surface area contributed by atoms with E-state index in [4.69, 9.17) is 0 Å². The van der Waals surface area contributed by atoms with Gasteiger partial charge in [-0.15, -0.1) is 0 Å². The summed E-state index contributed by atoms with van der Waals surface area (Å²) in [6, 6.07) is 15.6. The van der Waals surface area contributed by atoms with E-state index in [1.807, 2.05) is 38.1 Å². The summed E-state index contributed by atoms with van der Waals surface area (Å²) in [5, 5.41) is 6.44. The standard InChI is InChI=1S/C22H23N5O2/c1-15-7-6-9-20(11-15)27-16(2)12-18(17(27)3)13-25-26-22(29)21(28)24-14-19-8-4-5-10-23-19/h4-13H,14H2,1-3H3,(H,24,28)(H,26,29)/b25-13-. The number of rotatable bonds is 5. The second-order valence-electron chi connectivity index (χ2n) is 6.70. The number of benzene rings is 1. The normalized spacial score (nSPS) is 10.9. The molecule has 0 atom stereocenters. The third-order valence-corrected chi connectivity index (χ3v) is 4.46. The molecule has 2 N–H and O–H groups in total. The second kappa shape index (κ2) is 8.97. The lowest BCUT2D eigenvalue weighted by atomic mass is 10.2. The van der Waals surface area contributed by atoms with Gasteiger partial charge in [-0.1, -0.05) is 18.2 Å². The highest BCUT2D eigenvalue weighted by molar-refractivity contribution is 6.35. The highest BCUT2D eigenvalue weighted by Crippen LogP contribution is 2.20. The molecule has 7 heteroatoms. The summed E-state index contributed by atoms with van der Waals surface area (Å²) in [7, 11) is 0. The van der Waals surface area contributed by atoms with E-state index in [2.05, 4.69) is 44.5 Å².